The Bertz CT molecular complexity index is 410. The van der Waals surface area contributed by atoms with E-state index < -0.39 is 0 Å². The van der Waals surface area contributed by atoms with Gasteiger partial charge in [0.1, 0.15) is 0 Å². The molecule has 0 heterocycles. The molecule has 1 unspecified atom stereocenters. The first-order valence-electron chi connectivity index (χ1n) is 5.82. The second-order valence-electron chi connectivity index (χ2n) is 4.01. The summed E-state index contributed by atoms with van der Waals surface area (Å²) in [6.07, 6.45) is 0. The first-order chi connectivity index (χ1) is 8.56. The number of anilines is 2. The van der Waals surface area contributed by atoms with Crippen molar-refractivity contribution in [2.45, 2.75) is 19.1 Å². The molecule has 18 heavy (non-hydrogen) atoms. The lowest BCUT2D eigenvalue weighted by Crippen LogP contribution is -2.23. The third-order valence-corrected chi connectivity index (χ3v) is 3.77. The Morgan fingerprint density at radius 1 is 1.56 bits per heavy atom. The standard InChI is InChI=1S/C13H20N2O2S/c1-9-11(14)5-4-6-12(9)15-13(16)10(2)18-8-7-17-3/h4-6,10H,7-8,14H2,1-3H3,(H,15,16). The fourth-order valence-corrected chi connectivity index (χ4v) is 2.23. The third kappa shape index (κ3) is 4.23. The van der Waals surface area contributed by atoms with E-state index in [2.05, 4.69) is 5.32 Å². The van der Waals surface area contributed by atoms with Crippen molar-refractivity contribution in [3.05, 3.63) is 23.8 Å². The summed E-state index contributed by atoms with van der Waals surface area (Å²) >= 11 is 1.57. The molecule has 1 aromatic rings. The van der Waals surface area contributed by atoms with Gasteiger partial charge in [-0.15, -0.1) is 11.8 Å². The smallest absolute Gasteiger partial charge is 0.237 e. The zero-order chi connectivity index (χ0) is 13.5. The van der Waals surface area contributed by atoms with E-state index in [-0.39, 0.29) is 11.2 Å². The van der Waals surface area contributed by atoms with Crippen molar-refractivity contribution in [3.63, 3.8) is 0 Å². The summed E-state index contributed by atoms with van der Waals surface area (Å²) in [6, 6.07) is 5.51. The second kappa shape index (κ2) is 7.28. The molecule has 100 valence electrons. The van der Waals surface area contributed by atoms with Crippen LogP contribution in [0.2, 0.25) is 0 Å². The Morgan fingerprint density at radius 2 is 2.28 bits per heavy atom. The number of benzene rings is 1. The summed E-state index contributed by atoms with van der Waals surface area (Å²) in [5, 5.41) is 2.79. The molecule has 0 fully saturated rings. The molecule has 0 aliphatic carbocycles. The lowest BCUT2D eigenvalue weighted by Gasteiger charge is -2.14. The number of carbonyl (C=O) groups excluding carboxylic acids is 1. The van der Waals surface area contributed by atoms with Crippen LogP contribution in [0, 0.1) is 6.92 Å². The van der Waals surface area contributed by atoms with Gasteiger partial charge in [-0.1, -0.05) is 6.07 Å². The Hall–Kier alpha value is -1.20. The number of methoxy groups -OCH3 is 1. The van der Waals surface area contributed by atoms with E-state index in [1.807, 2.05) is 32.0 Å². The molecule has 3 N–H and O–H groups in total. The molecule has 0 aliphatic heterocycles. The molecule has 1 amide bonds. The molecule has 5 heteroatoms. The van der Waals surface area contributed by atoms with Gasteiger partial charge >= 0.3 is 0 Å². The molecular weight excluding hydrogens is 248 g/mol. The van der Waals surface area contributed by atoms with Crippen LogP contribution in [0.4, 0.5) is 11.4 Å². The van der Waals surface area contributed by atoms with Crippen molar-refractivity contribution in [2.75, 3.05) is 30.5 Å². The molecule has 0 saturated heterocycles. The Labute approximate surface area is 112 Å². The van der Waals surface area contributed by atoms with Crippen molar-refractivity contribution in [2.24, 2.45) is 0 Å². The number of amides is 1. The summed E-state index contributed by atoms with van der Waals surface area (Å²) in [5.74, 6) is 0.797. The van der Waals surface area contributed by atoms with Crippen molar-refractivity contribution < 1.29 is 9.53 Å². The second-order valence-corrected chi connectivity index (χ2v) is 5.46. The molecule has 0 aliphatic rings. The minimum absolute atomic E-state index is 0.00944. The molecule has 4 nitrogen and oxygen atoms in total. The van der Waals surface area contributed by atoms with Crippen LogP contribution in [0.3, 0.4) is 0 Å². The predicted octanol–water partition coefficient (Wildman–Crippen LogP) is 2.28. The van der Waals surface area contributed by atoms with Crippen LogP contribution < -0.4 is 11.1 Å². The van der Waals surface area contributed by atoms with E-state index in [0.29, 0.717) is 12.3 Å². The van der Waals surface area contributed by atoms with Crippen LogP contribution in [-0.2, 0) is 9.53 Å². The van der Waals surface area contributed by atoms with Gasteiger partial charge in [-0.3, -0.25) is 4.79 Å². The highest BCUT2D eigenvalue weighted by atomic mass is 32.2. The molecule has 1 atom stereocenters. The number of hydrogen-bond acceptors (Lipinski definition) is 4. The van der Waals surface area contributed by atoms with E-state index in [0.717, 1.165) is 17.0 Å². The number of nitrogens with two attached hydrogens (primary N) is 1. The van der Waals surface area contributed by atoms with E-state index in [1.165, 1.54) is 0 Å². The highest BCUT2D eigenvalue weighted by Gasteiger charge is 2.14. The lowest BCUT2D eigenvalue weighted by atomic mass is 10.1. The fraction of sp³-hybridized carbons (Fsp3) is 0.462. The third-order valence-electron chi connectivity index (χ3n) is 2.66. The first kappa shape index (κ1) is 14.9. The predicted molar refractivity (Wildman–Crippen MR) is 78.0 cm³/mol. The monoisotopic (exact) mass is 268 g/mol. The van der Waals surface area contributed by atoms with Crippen molar-refractivity contribution in [1.29, 1.82) is 0 Å². The largest absolute Gasteiger partial charge is 0.398 e. The summed E-state index contributed by atoms with van der Waals surface area (Å²) in [4.78, 5) is 12.0. The Morgan fingerprint density at radius 3 is 2.94 bits per heavy atom. The summed E-state index contributed by atoms with van der Waals surface area (Å²) < 4.78 is 4.96. The van der Waals surface area contributed by atoms with Gasteiger partial charge in [-0.05, 0) is 31.5 Å². The quantitative estimate of drug-likeness (QED) is 0.613. The number of thioether (sulfide) groups is 1. The molecular formula is C13H20N2O2S. The van der Waals surface area contributed by atoms with Gasteiger partial charge in [0.15, 0.2) is 0 Å². The van der Waals surface area contributed by atoms with Gasteiger partial charge in [0.05, 0.1) is 11.9 Å². The van der Waals surface area contributed by atoms with E-state index in [9.17, 15) is 4.79 Å². The average molecular weight is 268 g/mol. The van der Waals surface area contributed by atoms with Gasteiger partial charge in [-0.2, -0.15) is 0 Å². The highest BCUT2D eigenvalue weighted by Crippen LogP contribution is 2.21. The maximum Gasteiger partial charge on any atom is 0.237 e. The van der Waals surface area contributed by atoms with Crippen molar-refractivity contribution >= 4 is 29.0 Å². The number of rotatable bonds is 6. The van der Waals surface area contributed by atoms with E-state index in [4.69, 9.17) is 10.5 Å². The Balaban J connectivity index is 2.56. The fourth-order valence-electron chi connectivity index (χ4n) is 1.41. The number of nitrogens with one attached hydrogen (secondary N) is 1. The van der Waals surface area contributed by atoms with Crippen LogP contribution in [0.1, 0.15) is 12.5 Å². The molecule has 1 rings (SSSR count). The zero-order valence-corrected chi connectivity index (χ0v) is 11.8. The lowest BCUT2D eigenvalue weighted by molar-refractivity contribution is -0.115. The maximum absolute atomic E-state index is 12.0. The van der Waals surface area contributed by atoms with Crippen LogP contribution in [0.5, 0.6) is 0 Å². The molecule has 1 aromatic carbocycles. The summed E-state index contributed by atoms with van der Waals surface area (Å²) in [6.45, 7) is 4.44. The molecule has 0 saturated carbocycles. The molecule has 0 bridgehead atoms. The molecule has 0 aromatic heterocycles. The number of carbonyl (C=O) groups is 1. The first-order valence-corrected chi connectivity index (χ1v) is 6.87. The zero-order valence-electron chi connectivity index (χ0n) is 11.0. The average Bonchev–Trinajstić information content (AvgIpc) is 2.35. The van der Waals surface area contributed by atoms with Crippen LogP contribution in [0.15, 0.2) is 18.2 Å². The van der Waals surface area contributed by atoms with Gasteiger partial charge in [0.2, 0.25) is 5.91 Å². The Kier molecular flexibility index (Phi) is 6.01. The minimum Gasteiger partial charge on any atom is -0.398 e. The number of hydrogen-bond donors (Lipinski definition) is 2. The van der Waals surface area contributed by atoms with Gasteiger partial charge in [0, 0.05) is 24.2 Å². The minimum atomic E-state index is -0.110. The maximum atomic E-state index is 12.0. The van der Waals surface area contributed by atoms with E-state index in [1.54, 1.807) is 18.9 Å². The van der Waals surface area contributed by atoms with Crippen LogP contribution in [-0.4, -0.2) is 30.6 Å². The number of ether oxygens (including phenoxy) is 1. The topological polar surface area (TPSA) is 64.3 Å². The SMILES string of the molecule is COCCSC(C)C(=O)Nc1cccc(N)c1C. The normalized spacial score (nSPS) is 12.2. The van der Waals surface area contributed by atoms with Crippen LogP contribution >= 0.6 is 11.8 Å². The summed E-state index contributed by atoms with van der Waals surface area (Å²) in [5.41, 5.74) is 8.16. The molecule has 0 spiro atoms. The number of nitrogen functional groups attached to an aromatic ring is 1. The van der Waals surface area contributed by atoms with Crippen molar-refractivity contribution in [1.82, 2.24) is 0 Å². The molecule has 0 radical (unpaired) electrons. The van der Waals surface area contributed by atoms with Gasteiger partial charge in [0.25, 0.3) is 0 Å². The van der Waals surface area contributed by atoms with Crippen molar-refractivity contribution in [3.8, 4) is 0 Å². The van der Waals surface area contributed by atoms with Crippen LogP contribution in [0.25, 0.3) is 0 Å². The van der Waals surface area contributed by atoms with E-state index >= 15 is 0 Å². The van der Waals surface area contributed by atoms with Gasteiger partial charge in [-0.25, -0.2) is 0 Å². The van der Waals surface area contributed by atoms with Gasteiger partial charge < -0.3 is 15.8 Å². The summed E-state index contributed by atoms with van der Waals surface area (Å²) in [7, 11) is 1.65. The highest BCUT2D eigenvalue weighted by molar-refractivity contribution is 8.00.